The average Bonchev–Trinajstić information content (AvgIpc) is 2.56. The SMILES string of the molecule is CNC(=O)c1ccc(NC(=O)CNc2ccc(Cl)c(Cl)c2)cc1. The van der Waals surface area contributed by atoms with Crippen LogP contribution in [0, 0.1) is 0 Å². The van der Waals surface area contributed by atoms with Gasteiger partial charge in [0.25, 0.3) is 5.91 Å². The minimum atomic E-state index is -0.219. The number of benzene rings is 2. The van der Waals surface area contributed by atoms with E-state index >= 15 is 0 Å². The van der Waals surface area contributed by atoms with E-state index in [2.05, 4.69) is 16.0 Å². The summed E-state index contributed by atoms with van der Waals surface area (Å²) in [5.74, 6) is -0.395. The molecule has 0 saturated heterocycles. The van der Waals surface area contributed by atoms with Gasteiger partial charge in [-0.1, -0.05) is 23.2 Å². The topological polar surface area (TPSA) is 70.2 Å². The summed E-state index contributed by atoms with van der Waals surface area (Å²) < 4.78 is 0. The van der Waals surface area contributed by atoms with E-state index < -0.39 is 0 Å². The molecule has 5 nitrogen and oxygen atoms in total. The van der Waals surface area contributed by atoms with E-state index in [1.165, 1.54) is 0 Å². The van der Waals surface area contributed by atoms with Crippen molar-refractivity contribution < 1.29 is 9.59 Å². The van der Waals surface area contributed by atoms with Crippen LogP contribution in [0.25, 0.3) is 0 Å². The Bertz CT molecular complexity index is 718. The standard InChI is InChI=1S/C16H15Cl2N3O2/c1-19-16(23)10-2-4-11(5-3-10)21-15(22)9-20-12-6-7-13(17)14(18)8-12/h2-8,20H,9H2,1H3,(H,19,23)(H,21,22). The highest BCUT2D eigenvalue weighted by atomic mass is 35.5. The molecule has 0 aliphatic carbocycles. The number of halogens is 2. The van der Waals surface area contributed by atoms with Crippen molar-refractivity contribution in [2.24, 2.45) is 0 Å². The molecule has 0 aliphatic heterocycles. The zero-order valence-electron chi connectivity index (χ0n) is 12.3. The highest BCUT2D eigenvalue weighted by molar-refractivity contribution is 6.42. The van der Waals surface area contributed by atoms with Crippen LogP contribution in [0.5, 0.6) is 0 Å². The summed E-state index contributed by atoms with van der Waals surface area (Å²) in [4.78, 5) is 23.3. The summed E-state index contributed by atoms with van der Waals surface area (Å²) in [6.45, 7) is 0.0785. The van der Waals surface area contributed by atoms with Gasteiger partial charge in [-0.2, -0.15) is 0 Å². The van der Waals surface area contributed by atoms with Crippen molar-refractivity contribution in [1.29, 1.82) is 0 Å². The summed E-state index contributed by atoms with van der Waals surface area (Å²) in [5.41, 5.74) is 1.84. The predicted molar refractivity (Wildman–Crippen MR) is 93.4 cm³/mol. The molecule has 0 saturated carbocycles. The molecule has 2 rings (SSSR count). The van der Waals surface area contributed by atoms with Crippen molar-refractivity contribution in [3.8, 4) is 0 Å². The molecular weight excluding hydrogens is 337 g/mol. The van der Waals surface area contributed by atoms with Crippen LogP contribution in [-0.4, -0.2) is 25.4 Å². The molecule has 0 radical (unpaired) electrons. The molecule has 0 aliphatic rings. The monoisotopic (exact) mass is 351 g/mol. The third-order valence-electron chi connectivity index (χ3n) is 3.03. The Morgan fingerprint density at radius 1 is 0.957 bits per heavy atom. The smallest absolute Gasteiger partial charge is 0.251 e. The zero-order valence-corrected chi connectivity index (χ0v) is 13.8. The summed E-state index contributed by atoms with van der Waals surface area (Å²) in [7, 11) is 1.56. The fraction of sp³-hybridized carbons (Fsp3) is 0.125. The van der Waals surface area contributed by atoms with Crippen LogP contribution in [0.15, 0.2) is 42.5 Å². The maximum absolute atomic E-state index is 11.9. The normalized spacial score (nSPS) is 10.0. The number of anilines is 2. The van der Waals surface area contributed by atoms with E-state index in [1.54, 1.807) is 49.5 Å². The molecule has 0 atom stereocenters. The predicted octanol–water partition coefficient (Wildman–Crippen LogP) is 3.40. The first-order valence-electron chi connectivity index (χ1n) is 6.80. The van der Waals surface area contributed by atoms with Crippen molar-refractivity contribution in [1.82, 2.24) is 5.32 Å². The van der Waals surface area contributed by atoms with Crippen molar-refractivity contribution >= 4 is 46.4 Å². The Labute approximate surface area is 144 Å². The Kier molecular flexibility index (Phi) is 5.84. The van der Waals surface area contributed by atoms with Gasteiger partial charge in [-0.25, -0.2) is 0 Å². The van der Waals surface area contributed by atoms with Gasteiger partial charge in [-0.05, 0) is 42.5 Å². The van der Waals surface area contributed by atoms with Crippen LogP contribution in [0.1, 0.15) is 10.4 Å². The molecule has 2 amide bonds. The minimum absolute atomic E-state index is 0.0785. The van der Waals surface area contributed by atoms with Crippen molar-refractivity contribution in [3.05, 3.63) is 58.1 Å². The fourth-order valence-corrected chi connectivity index (χ4v) is 2.14. The third kappa shape index (κ3) is 4.87. The second kappa shape index (κ2) is 7.85. The van der Waals surface area contributed by atoms with Gasteiger partial charge < -0.3 is 16.0 Å². The van der Waals surface area contributed by atoms with Crippen LogP contribution in [0.2, 0.25) is 10.0 Å². The van der Waals surface area contributed by atoms with Gasteiger partial charge in [-0.15, -0.1) is 0 Å². The van der Waals surface area contributed by atoms with Crippen LogP contribution < -0.4 is 16.0 Å². The van der Waals surface area contributed by atoms with Crippen LogP contribution in [0.3, 0.4) is 0 Å². The number of nitrogens with one attached hydrogen (secondary N) is 3. The van der Waals surface area contributed by atoms with E-state index in [-0.39, 0.29) is 18.4 Å². The molecule has 2 aromatic carbocycles. The molecule has 120 valence electrons. The van der Waals surface area contributed by atoms with E-state index in [0.717, 1.165) is 0 Å². The van der Waals surface area contributed by atoms with Gasteiger partial charge in [0.05, 0.1) is 16.6 Å². The highest BCUT2D eigenvalue weighted by Gasteiger charge is 2.06. The zero-order chi connectivity index (χ0) is 16.8. The van der Waals surface area contributed by atoms with E-state index in [9.17, 15) is 9.59 Å². The van der Waals surface area contributed by atoms with Crippen molar-refractivity contribution in [3.63, 3.8) is 0 Å². The second-order valence-electron chi connectivity index (χ2n) is 4.69. The molecule has 0 aromatic heterocycles. The third-order valence-corrected chi connectivity index (χ3v) is 3.77. The molecular formula is C16H15Cl2N3O2. The molecule has 7 heteroatoms. The summed E-state index contributed by atoms with van der Waals surface area (Å²) in [6, 6.07) is 11.7. The average molecular weight is 352 g/mol. The maximum Gasteiger partial charge on any atom is 0.251 e. The minimum Gasteiger partial charge on any atom is -0.376 e. The second-order valence-corrected chi connectivity index (χ2v) is 5.50. The Hall–Kier alpha value is -2.24. The molecule has 0 unspecified atom stereocenters. The van der Waals surface area contributed by atoms with Crippen LogP contribution in [0.4, 0.5) is 11.4 Å². The van der Waals surface area contributed by atoms with Gasteiger partial charge in [-0.3, -0.25) is 9.59 Å². The van der Waals surface area contributed by atoms with Crippen molar-refractivity contribution in [2.45, 2.75) is 0 Å². The summed E-state index contributed by atoms with van der Waals surface area (Å²) in [6.07, 6.45) is 0. The molecule has 2 aromatic rings. The van der Waals surface area contributed by atoms with Crippen LogP contribution >= 0.6 is 23.2 Å². The lowest BCUT2D eigenvalue weighted by molar-refractivity contribution is -0.114. The van der Waals surface area contributed by atoms with Gasteiger partial charge in [0.15, 0.2) is 0 Å². The lowest BCUT2D eigenvalue weighted by atomic mass is 10.2. The molecule has 0 bridgehead atoms. The first kappa shape index (κ1) is 17.1. The number of carbonyl (C=O) groups excluding carboxylic acids is 2. The Morgan fingerprint density at radius 3 is 2.22 bits per heavy atom. The van der Waals surface area contributed by atoms with E-state index in [1.807, 2.05) is 0 Å². The number of hydrogen-bond acceptors (Lipinski definition) is 3. The molecule has 23 heavy (non-hydrogen) atoms. The Morgan fingerprint density at radius 2 is 1.61 bits per heavy atom. The molecule has 0 spiro atoms. The van der Waals surface area contributed by atoms with E-state index in [0.29, 0.717) is 27.0 Å². The Balaban J connectivity index is 1.89. The quantitative estimate of drug-likeness (QED) is 0.772. The summed E-state index contributed by atoms with van der Waals surface area (Å²) >= 11 is 11.7. The maximum atomic E-state index is 11.9. The number of amides is 2. The van der Waals surface area contributed by atoms with Crippen LogP contribution in [-0.2, 0) is 4.79 Å². The van der Waals surface area contributed by atoms with Gasteiger partial charge in [0.1, 0.15) is 0 Å². The number of rotatable bonds is 5. The number of hydrogen-bond donors (Lipinski definition) is 3. The van der Waals surface area contributed by atoms with E-state index in [4.69, 9.17) is 23.2 Å². The number of carbonyl (C=O) groups is 2. The molecule has 0 heterocycles. The first-order valence-corrected chi connectivity index (χ1v) is 7.56. The summed E-state index contributed by atoms with van der Waals surface area (Å²) in [5, 5.41) is 9.09. The van der Waals surface area contributed by atoms with Gasteiger partial charge >= 0.3 is 0 Å². The molecule has 3 N–H and O–H groups in total. The fourth-order valence-electron chi connectivity index (χ4n) is 1.84. The lowest BCUT2D eigenvalue weighted by Gasteiger charge is -2.09. The van der Waals surface area contributed by atoms with Gasteiger partial charge in [0.2, 0.25) is 5.91 Å². The van der Waals surface area contributed by atoms with Crippen molar-refractivity contribution in [2.75, 3.05) is 24.2 Å². The largest absolute Gasteiger partial charge is 0.376 e. The van der Waals surface area contributed by atoms with Gasteiger partial charge in [0, 0.05) is 24.0 Å². The first-order chi connectivity index (χ1) is 11.0. The lowest BCUT2D eigenvalue weighted by Crippen LogP contribution is -2.22. The molecule has 0 fully saturated rings. The highest BCUT2D eigenvalue weighted by Crippen LogP contribution is 2.24.